The maximum atomic E-state index is 10.7. The van der Waals surface area contributed by atoms with Gasteiger partial charge >= 0.3 is 0 Å². The molecule has 0 aliphatic heterocycles. The van der Waals surface area contributed by atoms with E-state index in [2.05, 4.69) is 11.8 Å². The molecular formula is C11H22ClNO. The van der Waals surface area contributed by atoms with E-state index in [1.54, 1.807) is 0 Å². The molecule has 0 fully saturated rings. The Bertz CT molecular complexity index is 139. The highest BCUT2D eigenvalue weighted by atomic mass is 35.5. The molecule has 0 heterocycles. The van der Waals surface area contributed by atoms with Crippen LogP contribution in [0.15, 0.2) is 0 Å². The van der Waals surface area contributed by atoms with E-state index in [-0.39, 0.29) is 5.91 Å². The number of hydrogen-bond acceptors (Lipinski definition) is 1. The number of amides is 1. The van der Waals surface area contributed by atoms with E-state index in [4.69, 9.17) is 11.8 Å². The van der Waals surface area contributed by atoms with Crippen molar-refractivity contribution in [2.24, 2.45) is 0 Å². The third-order valence-electron chi connectivity index (χ3n) is 2.36. The molecule has 14 heavy (non-hydrogen) atoms. The van der Waals surface area contributed by atoms with Crippen molar-refractivity contribution in [1.29, 1.82) is 0 Å². The van der Waals surface area contributed by atoms with Gasteiger partial charge in [0.2, 0.25) is 5.91 Å². The number of nitrogens with one attached hydrogen (secondary N) is 1. The summed E-state index contributed by atoms with van der Waals surface area (Å²) in [6.45, 7) is 2.23. The Hall–Kier alpha value is -0.240. The van der Waals surface area contributed by atoms with Gasteiger partial charge in [-0.25, -0.2) is 0 Å². The molecule has 0 aromatic rings. The second-order valence-corrected chi connectivity index (χ2v) is 3.93. The molecule has 0 atom stereocenters. The van der Waals surface area contributed by atoms with Crippen molar-refractivity contribution in [2.45, 2.75) is 64.7 Å². The average molecular weight is 220 g/mol. The lowest BCUT2D eigenvalue weighted by molar-refractivity contribution is -0.119. The van der Waals surface area contributed by atoms with Gasteiger partial charge in [-0.1, -0.05) is 51.9 Å². The molecule has 1 N–H and O–H groups in total. The molecule has 1 amide bonds. The van der Waals surface area contributed by atoms with Crippen molar-refractivity contribution in [1.82, 2.24) is 4.84 Å². The lowest BCUT2D eigenvalue weighted by Gasteiger charge is -2.00. The first-order valence-electron chi connectivity index (χ1n) is 5.70. The molecule has 84 valence electrons. The number of hydrogen-bond donors (Lipinski definition) is 1. The molecule has 0 unspecified atom stereocenters. The van der Waals surface area contributed by atoms with E-state index >= 15 is 0 Å². The van der Waals surface area contributed by atoms with Crippen LogP contribution >= 0.6 is 11.8 Å². The fraction of sp³-hybridized carbons (Fsp3) is 0.909. The fourth-order valence-corrected chi connectivity index (χ4v) is 1.56. The van der Waals surface area contributed by atoms with Crippen LogP contribution < -0.4 is 4.84 Å². The zero-order valence-electron chi connectivity index (χ0n) is 9.15. The molecule has 0 saturated heterocycles. The van der Waals surface area contributed by atoms with Gasteiger partial charge in [0.25, 0.3) is 0 Å². The first kappa shape index (κ1) is 13.8. The van der Waals surface area contributed by atoms with Crippen molar-refractivity contribution in [3.63, 3.8) is 0 Å². The Morgan fingerprint density at radius 1 is 1.00 bits per heavy atom. The first-order chi connectivity index (χ1) is 6.81. The van der Waals surface area contributed by atoms with Crippen LogP contribution in [-0.2, 0) is 4.79 Å². The van der Waals surface area contributed by atoms with Gasteiger partial charge in [-0.05, 0) is 6.42 Å². The van der Waals surface area contributed by atoms with E-state index in [0.29, 0.717) is 6.42 Å². The Kier molecular flexibility index (Phi) is 10.7. The van der Waals surface area contributed by atoms with Crippen LogP contribution in [0.25, 0.3) is 0 Å². The number of carbonyl (C=O) groups excluding carboxylic acids is 1. The third kappa shape index (κ3) is 9.85. The van der Waals surface area contributed by atoms with Crippen molar-refractivity contribution < 1.29 is 4.79 Å². The van der Waals surface area contributed by atoms with Gasteiger partial charge in [-0.3, -0.25) is 9.63 Å². The predicted molar refractivity (Wildman–Crippen MR) is 61.2 cm³/mol. The molecule has 0 saturated carbocycles. The summed E-state index contributed by atoms with van der Waals surface area (Å²) in [6.07, 6.45) is 10.6. The largest absolute Gasteiger partial charge is 0.274 e. The quantitative estimate of drug-likeness (QED) is 0.464. The topological polar surface area (TPSA) is 29.1 Å². The second-order valence-electron chi connectivity index (χ2n) is 3.74. The minimum Gasteiger partial charge on any atom is -0.274 e. The van der Waals surface area contributed by atoms with Gasteiger partial charge in [0.15, 0.2) is 0 Å². The third-order valence-corrected chi connectivity index (χ3v) is 2.57. The molecule has 0 aliphatic rings. The lowest BCUT2D eigenvalue weighted by atomic mass is 10.1. The second kappa shape index (κ2) is 10.8. The Morgan fingerprint density at radius 3 is 2.00 bits per heavy atom. The maximum Gasteiger partial charge on any atom is 0.234 e. The monoisotopic (exact) mass is 219 g/mol. The SMILES string of the molecule is CCCCCCCCCCC(=O)NCl. The Morgan fingerprint density at radius 2 is 1.50 bits per heavy atom. The standard InChI is InChI=1S/C11H22ClNO/c1-2-3-4-5-6-7-8-9-10-11(14)13-12/h2-10H2,1H3,(H,13,14). The summed E-state index contributed by atoms with van der Waals surface area (Å²) in [6, 6.07) is 0. The van der Waals surface area contributed by atoms with Crippen LogP contribution in [0.3, 0.4) is 0 Å². The first-order valence-corrected chi connectivity index (χ1v) is 6.08. The van der Waals surface area contributed by atoms with Crippen molar-refractivity contribution in [2.75, 3.05) is 0 Å². The summed E-state index contributed by atoms with van der Waals surface area (Å²) in [5.41, 5.74) is 0. The van der Waals surface area contributed by atoms with Gasteiger partial charge in [-0.2, -0.15) is 0 Å². The number of unbranched alkanes of at least 4 members (excludes halogenated alkanes) is 7. The van der Waals surface area contributed by atoms with Crippen LogP contribution in [0.4, 0.5) is 0 Å². The van der Waals surface area contributed by atoms with E-state index in [0.717, 1.165) is 12.8 Å². The van der Waals surface area contributed by atoms with Crippen LogP contribution in [-0.4, -0.2) is 5.91 Å². The maximum absolute atomic E-state index is 10.7. The summed E-state index contributed by atoms with van der Waals surface area (Å²) < 4.78 is 0. The molecule has 0 spiro atoms. The molecule has 2 nitrogen and oxygen atoms in total. The van der Waals surface area contributed by atoms with Crippen LogP contribution in [0.5, 0.6) is 0 Å². The van der Waals surface area contributed by atoms with E-state index in [1.165, 1.54) is 38.5 Å². The summed E-state index contributed by atoms with van der Waals surface area (Å²) in [4.78, 5) is 12.9. The van der Waals surface area contributed by atoms with E-state index in [9.17, 15) is 4.79 Å². The minimum absolute atomic E-state index is 0.0577. The Labute approximate surface area is 92.5 Å². The summed E-state index contributed by atoms with van der Waals surface area (Å²) >= 11 is 5.15. The van der Waals surface area contributed by atoms with Gasteiger partial charge in [0.1, 0.15) is 0 Å². The molecule has 3 heteroatoms. The zero-order chi connectivity index (χ0) is 10.6. The number of carbonyl (C=O) groups is 1. The minimum atomic E-state index is -0.0577. The normalized spacial score (nSPS) is 10.1. The smallest absolute Gasteiger partial charge is 0.234 e. The number of rotatable bonds is 9. The van der Waals surface area contributed by atoms with Crippen molar-refractivity contribution >= 4 is 17.7 Å². The molecule has 0 aliphatic carbocycles. The molecular weight excluding hydrogens is 198 g/mol. The predicted octanol–water partition coefficient (Wildman–Crippen LogP) is 3.79. The number of halogens is 1. The lowest BCUT2D eigenvalue weighted by Crippen LogP contribution is -2.11. The van der Waals surface area contributed by atoms with Crippen LogP contribution in [0, 0.1) is 0 Å². The summed E-state index contributed by atoms with van der Waals surface area (Å²) in [7, 11) is 0. The van der Waals surface area contributed by atoms with Gasteiger partial charge in [0, 0.05) is 18.2 Å². The van der Waals surface area contributed by atoms with E-state index in [1.807, 2.05) is 0 Å². The van der Waals surface area contributed by atoms with Crippen LogP contribution in [0.2, 0.25) is 0 Å². The van der Waals surface area contributed by atoms with Crippen LogP contribution in [0.1, 0.15) is 64.7 Å². The van der Waals surface area contributed by atoms with Crippen molar-refractivity contribution in [3.05, 3.63) is 0 Å². The molecule has 0 bridgehead atoms. The average Bonchev–Trinajstić information content (AvgIpc) is 2.21. The molecule has 0 radical (unpaired) electrons. The Balaban J connectivity index is 2.95. The van der Waals surface area contributed by atoms with Gasteiger partial charge in [-0.15, -0.1) is 0 Å². The summed E-state index contributed by atoms with van der Waals surface area (Å²) in [5.74, 6) is -0.0577. The fourth-order valence-electron chi connectivity index (χ4n) is 1.47. The highest BCUT2D eigenvalue weighted by Crippen LogP contribution is 2.09. The zero-order valence-corrected chi connectivity index (χ0v) is 9.91. The van der Waals surface area contributed by atoms with E-state index < -0.39 is 0 Å². The molecule has 0 aromatic heterocycles. The summed E-state index contributed by atoms with van der Waals surface area (Å²) in [5, 5.41) is 0. The molecule has 0 rings (SSSR count). The highest BCUT2D eigenvalue weighted by molar-refractivity contribution is 6.21. The van der Waals surface area contributed by atoms with Gasteiger partial charge in [0.05, 0.1) is 0 Å². The highest BCUT2D eigenvalue weighted by Gasteiger charge is 1.97. The molecule has 0 aromatic carbocycles. The van der Waals surface area contributed by atoms with Crippen molar-refractivity contribution in [3.8, 4) is 0 Å². The van der Waals surface area contributed by atoms with Gasteiger partial charge < -0.3 is 0 Å².